The van der Waals surface area contributed by atoms with Gasteiger partial charge >= 0.3 is 5.97 Å². The zero-order valence-electron chi connectivity index (χ0n) is 16.6. The molecule has 1 atom stereocenters. The van der Waals surface area contributed by atoms with Crippen molar-refractivity contribution in [1.29, 1.82) is 0 Å². The smallest absolute Gasteiger partial charge is 0.311 e. The van der Waals surface area contributed by atoms with Crippen molar-refractivity contribution in [2.24, 2.45) is 5.92 Å². The first kappa shape index (κ1) is 21.0. The van der Waals surface area contributed by atoms with Crippen LogP contribution in [0, 0.1) is 26.7 Å². The Balaban J connectivity index is 1.55. The number of benzene rings is 2. The molecular formula is C22H23BrN2O4. The Morgan fingerprint density at radius 1 is 1.14 bits per heavy atom. The highest BCUT2D eigenvalue weighted by Gasteiger charge is 2.36. The second-order valence-electron chi connectivity index (χ2n) is 7.32. The van der Waals surface area contributed by atoms with Crippen molar-refractivity contribution in [3.63, 3.8) is 0 Å². The number of nitrogens with one attached hydrogen (secondary N) is 1. The van der Waals surface area contributed by atoms with Crippen molar-refractivity contribution in [3.05, 3.63) is 57.6 Å². The van der Waals surface area contributed by atoms with Crippen LogP contribution < -0.4 is 10.2 Å². The highest BCUT2D eigenvalue weighted by molar-refractivity contribution is 9.10. The number of aryl methyl sites for hydroxylation is 3. The van der Waals surface area contributed by atoms with E-state index in [4.69, 9.17) is 4.74 Å². The number of carbonyl (C=O) groups excluding carboxylic acids is 3. The van der Waals surface area contributed by atoms with Crippen LogP contribution in [0.15, 0.2) is 40.9 Å². The Hall–Kier alpha value is -2.67. The minimum absolute atomic E-state index is 0.0830. The fourth-order valence-electron chi connectivity index (χ4n) is 3.38. The summed E-state index contributed by atoms with van der Waals surface area (Å²) in [6.07, 6.45) is 0.0830. The summed E-state index contributed by atoms with van der Waals surface area (Å²) in [6.45, 7) is 5.72. The number of anilines is 2. The minimum atomic E-state index is -0.578. The van der Waals surface area contributed by atoms with E-state index in [1.54, 1.807) is 11.0 Å². The maximum atomic E-state index is 12.4. The Morgan fingerprint density at radius 3 is 2.59 bits per heavy atom. The highest BCUT2D eigenvalue weighted by Crippen LogP contribution is 2.29. The number of amides is 2. The van der Waals surface area contributed by atoms with E-state index in [0.717, 1.165) is 26.9 Å². The zero-order chi connectivity index (χ0) is 21.1. The number of ether oxygens (including phenoxy) is 1. The molecule has 152 valence electrons. The summed E-state index contributed by atoms with van der Waals surface area (Å²) in [7, 11) is 0. The van der Waals surface area contributed by atoms with Crippen LogP contribution in [-0.4, -0.2) is 30.9 Å². The van der Waals surface area contributed by atoms with E-state index in [1.165, 1.54) is 0 Å². The lowest BCUT2D eigenvalue weighted by atomic mass is 10.1. The average molecular weight is 459 g/mol. The molecule has 29 heavy (non-hydrogen) atoms. The zero-order valence-corrected chi connectivity index (χ0v) is 18.2. The summed E-state index contributed by atoms with van der Waals surface area (Å²) in [5, 5.41) is 2.70. The van der Waals surface area contributed by atoms with Gasteiger partial charge in [0.25, 0.3) is 5.91 Å². The van der Waals surface area contributed by atoms with E-state index in [-0.39, 0.29) is 25.5 Å². The third-order valence-corrected chi connectivity index (χ3v) is 5.78. The number of carbonyl (C=O) groups is 3. The lowest BCUT2D eigenvalue weighted by Crippen LogP contribution is -2.28. The van der Waals surface area contributed by atoms with Crippen molar-refractivity contribution < 1.29 is 19.1 Å². The van der Waals surface area contributed by atoms with E-state index >= 15 is 0 Å². The van der Waals surface area contributed by atoms with Crippen molar-refractivity contribution >= 4 is 45.1 Å². The molecule has 0 spiro atoms. The van der Waals surface area contributed by atoms with Gasteiger partial charge in [-0.25, -0.2) is 0 Å². The van der Waals surface area contributed by atoms with Crippen LogP contribution in [0.25, 0.3) is 0 Å². The molecule has 2 aromatic rings. The number of hydrogen-bond donors (Lipinski definition) is 1. The molecule has 1 saturated heterocycles. The van der Waals surface area contributed by atoms with Crippen molar-refractivity contribution in [2.45, 2.75) is 27.2 Å². The van der Waals surface area contributed by atoms with Gasteiger partial charge in [-0.3, -0.25) is 14.4 Å². The molecule has 6 nitrogen and oxygen atoms in total. The number of hydrogen-bond acceptors (Lipinski definition) is 4. The number of esters is 1. The lowest BCUT2D eigenvalue weighted by molar-refractivity contribution is -0.151. The summed E-state index contributed by atoms with van der Waals surface area (Å²) in [5.74, 6) is -1.65. The first-order chi connectivity index (χ1) is 13.7. The van der Waals surface area contributed by atoms with Gasteiger partial charge in [0.05, 0.1) is 5.92 Å². The SMILES string of the molecule is Cc1ccc(N2C[C@@H](C(=O)OCC(=O)Nc3ccc(Br)c(C)c3)CC2=O)c(C)c1. The van der Waals surface area contributed by atoms with E-state index < -0.39 is 17.8 Å². The number of nitrogens with zero attached hydrogens (tertiary/aromatic N) is 1. The summed E-state index contributed by atoms with van der Waals surface area (Å²) in [5.41, 5.74) is 4.51. The summed E-state index contributed by atoms with van der Waals surface area (Å²) in [4.78, 5) is 38.5. The van der Waals surface area contributed by atoms with Gasteiger partial charge in [0.1, 0.15) is 0 Å². The van der Waals surface area contributed by atoms with Crippen molar-refractivity contribution in [1.82, 2.24) is 0 Å². The molecule has 1 aliphatic heterocycles. The standard InChI is InChI=1S/C22H23BrN2O4/c1-13-4-7-19(15(3)8-13)25-11-16(10-21(25)27)22(28)29-12-20(26)24-17-5-6-18(23)14(2)9-17/h4-9,16H,10-12H2,1-3H3,(H,24,26)/t16-/m0/s1. The van der Waals surface area contributed by atoms with Crippen molar-refractivity contribution in [2.75, 3.05) is 23.4 Å². The predicted octanol–water partition coefficient (Wildman–Crippen LogP) is 3.91. The first-order valence-corrected chi connectivity index (χ1v) is 10.1. The molecule has 0 unspecified atom stereocenters. The molecule has 1 aliphatic rings. The molecule has 0 saturated carbocycles. The Kier molecular flexibility index (Phi) is 6.37. The molecule has 0 radical (unpaired) electrons. The average Bonchev–Trinajstić information content (AvgIpc) is 3.04. The normalized spacial score (nSPS) is 16.1. The third kappa shape index (κ3) is 5.03. The van der Waals surface area contributed by atoms with Crippen molar-refractivity contribution in [3.8, 4) is 0 Å². The minimum Gasteiger partial charge on any atom is -0.455 e. The second kappa shape index (κ2) is 8.78. The molecule has 2 aromatic carbocycles. The fourth-order valence-corrected chi connectivity index (χ4v) is 3.63. The van der Waals surface area contributed by atoms with Crippen LogP contribution in [0.3, 0.4) is 0 Å². The van der Waals surface area contributed by atoms with E-state index in [0.29, 0.717) is 5.69 Å². The summed E-state index contributed by atoms with van der Waals surface area (Å²) >= 11 is 3.40. The maximum Gasteiger partial charge on any atom is 0.311 e. The quantitative estimate of drug-likeness (QED) is 0.689. The molecule has 3 rings (SSSR count). The van der Waals surface area contributed by atoms with Gasteiger partial charge in [-0.05, 0) is 56.2 Å². The molecule has 1 fully saturated rings. The van der Waals surface area contributed by atoms with Gasteiger partial charge in [0, 0.05) is 28.8 Å². The molecular weight excluding hydrogens is 436 g/mol. The maximum absolute atomic E-state index is 12.4. The monoisotopic (exact) mass is 458 g/mol. The van der Waals surface area contributed by atoms with Crippen LogP contribution in [0.5, 0.6) is 0 Å². The van der Waals surface area contributed by atoms with Crippen LogP contribution in [-0.2, 0) is 19.1 Å². The topological polar surface area (TPSA) is 75.7 Å². The number of halogens is 1. The largest absolute Gasteiger partial charge is 0.455 e. The van der Waals surface area contributed by atoms with Gasteiger partial charge < -0.3 is 15.0 Å². The lowest BCUT2D eigenvalue weighted by Gasteiger charge is -2.19. The van der Waals surface area contributed by atoms with Crippen LogP contribution in [0.2, 0.25) is 0 Å². The van der Waals surface area contributed by atoms with Gasteiger partial charge in [0.2, 0.25) is 5.91 Å². The van der Waals surface area contributed by atoms with Crippen LogP contribution >= 0.6 is 15.9 Å². The number of rotatable bonds is 5. The summed E-state index contributed by atoms with van der Waals surface area (Å²) in [6, 6.07) is 11.2. The van der Waals surface area contributed by atoms with Gasteiger partial charge in [-0.2, -0.15) is 0 Å². The fraction of sp³-hybridized carbons (Fsp3) is 0.318. The summed E-state index contributed by atoms with van der Waals surface area (Å²) < 4.78 is 6.10. The Morgan fingerprint density at radius 2 is 1.90 bits per heavy atom. The predicted molar refractivity (Wildman–Crippen MR) is 115 cm³/mol. The van der Waals surface area contributed by atoms with Crippen LogP contribution in [0.4, 0.5) is 11.4 Å². The highest BCUT2D eigenvalue weighted by atomic mass is 79.9. The van der Waals surface area contributed by atoms with E-state index in [9.17, 15) is 14.4 Å². The Labute approximate surface area is 178 Å². The van der Waals surface area contributed by atoms with Gasteiger partial charge in [-0.15, -0.1) is 0 Å². The molecule has 0 aromatic heterocycles. The van der Waals surface area contributed by atoms with Gasteiger partial charge in [-0.1, -0.05) is 33.6 Å². The molecule has 1 N–H and O–H groups in total. The first-order valence-electron chi connectivity index (χ1n) is 9.35. The van der Waals surface area contributed by atoms with Gasteiger partial charge in [0.15, 0.2) is 6.61 Å². The molecule has 2 amide bonds. The third-order valence-electron chi connectivity index (χ3n) is 4.89. The second-order valence-corrected chi connectivity index (χ2v) is 8.17. The Bertz CT molecular complexity index is 973. The molecule has 0 bridgehead atoms. The van der Waals surface area contributed by atoms with Crippen LogP contribution in [0.1, 0.15) is 23.1 Å². The molecule has 7 heteroatoms. The molecule has 0 aliphatic carbocycles. The van der Waals surface area contributed by atoms with E-state index in [2.05, 4.69) is 21.2 Å². The van der Waals surface area contributed by atoms with E-state index in [1.807, 2.05) is 51.1 Å². The molecule has 1 heterocycles.